The van der Waals surface area contributed by atoms with Gasteiger partial charge in [0.2, 0.25) is 0 Å². The van der Waals surface area contributed by atoms with E-state index >= 15 is 0 Å². The minimum absolute atomic E-state index is 0.337. The van der Waals surface area contributed by atoms with Crippen molar-refractivity contribution < 1.29 is 13.2 Å². The van der Waals surface area contributed by atoms with Gasteiger partial charge in [0.25, 0.3) is 10.2 Å². The van der Waals surface area contributed by atoms with Crippen molar-refractivity contribution in [2.24, 2.45) is 11.1 Å². The second-order valence-electron chi connectivity index (χ2n) is 7.42. The normalized spacial score (nSPS) is 18.8. The van der Waals surface area contributed by atoms with Gasteiger partial charge >= 0.3 is 0 Å². The van der Waals surface area contributed by atoms with Crippen LogP contribution in [0.15, 0.2) is 30.8 Å². The summed E-state index contributed by atoms with van der Waals surface area (Å²) in [5.74, 6) is 1.65. The zero-order valence-corrected chi connectivity index (χ0v) is 16.4. The van der Waals surface area contributed by atoms with Gasteiger partial charge in [-0.05, 0) is 62.4 Å². The molecular weight excluding hydrogens is 364 g/mol. The number of piperidine rings is 1. The van der Waals surface area contributed by atoms with Crippen LogP contribution >= 0.6 is 0 Å². The number of benzene rings is 1. The van der Waals surface area contributed by atoms with Gasteiger partial charge in [0, 0.05) is 25.0 Å². The fourth-order valence-electron chi connectivity index (χ4n) is 3.88. The molecule has 3 heterocycles. The fraction of sp³-hybridized carbons (Fsp3) is 0.421. The third kappa shape index (κ3) is 3.28. The monoisotopic (exact) mass is 388 g/mol. The maximum absolute atomic E-state index is 11.5. The first-order valence-electron chi connectivity index (χ1n) is 9.06. The van der Waals surface area contributed by atoms with E-state index in [1.165, 1.54) is 15.4 Å². The number of fused-ring (bicyclic) bond motifs is 3. The molecule has 27 heavy (non-hydrogen) atoms. The summed E-state index contributed by atoms with van der Waals surface area (Å²) >= 11 is 0. The molecule has 0 aliphatic carbocycles. The Hall–Kier alpha value is -2.16. The van der Waals surface area contributed by atoms with E-state index in [-0.39, 0.29) is 0 Å². The van der Waals surface area contributed by atoms with Gasteiger partial charge in [-0.3, -0.25) is 4.98 Å². The van der Waals surface area contributed by atoms with Crippen molar-refractivity contribution in [1.29, 1.82) is 0 Å². The van der Waals surface area contributed by atoms with Crippen molar-refractivity contribution in [3.63, 3.8) is 0 Å². The number of hydrogen-bond acceptors (Lipinski definition) is 5. The Morgan fingerprint density at radius 1 is 1.26 bits per heavy atom. The Morgan fingerprint density at radius 3 is 2.59 bits per heavy atom. The smallest absolute Gasteiger partial charge is 0.276 e. The molecule has 0 unspecified atom stereocenters. The summed E-state index contributed by atoms with van der Waals surface area (Å²) in [5.41, 5.74) is 4.34. The number of aromatic nitrogens is 1. The van der Waals surface area contributed by atoms with Crippen molar-refractivity contribution in [2.45, 2.75) is 26.7 Å². The molecule has 4 rings (SSSR count). The molecule has 1 fully saturated rings. The lowest BCUT2D eigenvalue weighted by Crippen LogP contribution is -2.44. The lowest BCUT2D eigenvalue weighted by Gasteiger charge is -2.32. The van der Waals surface area contributed by atoms with E-state index in [0.717, 1.165) is 41.7 Å². The highest BCUT2D eigenvalue weighted by molar-refractivity contribution is 7.86. The number of aryl methyl sites for hydroxylation is 2. The van der Waals surface area contributed by atoms with Crippen LogP contribution in [-0.2, 0) is 10.2 Å². The number of nitrogens with zero attached hydrogens (tertiary/aromatic N) is 3. The fourth-order valence-corrected chi connectivity index (χ4v) is 4.60. The summed E-state index contributed by atoms with van der Waals surface area (Å²) in [5, 5.41) is 6.29. The van der Waals surface area contributed by atoms with Crippen molar-refractivity contribution in [3.8, 4) is 5.75 Å². The van der Waals surface area contributed by atoms with Crippen molar-refractivity contribution in [2.75, 3.05) is 24.5 Å². The largest absolute Gasteiger partial charge is 0.438 e. The third-order valence-corrected chi connectivity index (χ3v) is 6.68. The lowest BCUT2D eigenvalue weighted by molar-refractivity contribution is 0.274. The molecule has 0 radical (unpaired) electrons. The molecule has 0 atom stereocenters. The highest BCUT2D eigenvalue weighted by Gasteiger charge is 2.32. The van der Waals surface area contributed by atoms with Gasteiger partial charge < -0.3 is 9.64 Å². The van der Waals surface area contributed by atoms with Crippen molar-refractivity contribution in [3.05, 3.63) is 41.9 Å². The topological polar surface area (TPSA) is 88.8 Å². The van der Waals surface area contributed by atoms with Gasteiger partial charge in [-0.25, -0.2) is 5.14 Å². The van der Waals surface area contributed by atoms with E-state index in [1.54, 1.807) is 6.20 Å². The first-order valence-corrected chi connectivity index (χ1v) is 10.6. The van der Waals surface area contributed by atoms with Crippen LogP contribution in [0.3, 0.4) is 0 Å². The van der Waals surface area contributed by atoms with Crippen molar-refractivity contribution >= 4 is 26.8 Å². The van der Waals surface area contributed by atoms with Gasteiger partial charge in [-0.1, -0.05) is 0 Å². The molecule has 2 aliphatic heterocycles. The number of anilines is 1. The van der Waals surface area contributed by atoms with Crippen LogP contribution in [0.5, 0.6) is 5.75 Å². The Kier molecular flexibility index (Phi) is 4.37. The first-order chi connectivity index (χ1) is 12.7. The maximum atomic E-state index is 11.5. The number of rotatable bonds is 3. The van der Waals surface area contributed by atoms with E-state index in [2.05, 4.69) is 42.4 Å². The molecule has 1 aromatic heterocycles. The number of nitrogens with two attached hydrogens (primary N) is 1. The standard InChI is InChI=1S/C19H24N4O3S/c1-12-8-16-17(9-13(12)2)21-10-18-19(16)23(14(3)26-18)11-15-4-6-22(7-5-15)27(20,24)25/h8-10,15H,3-7,11H2,1-2H3,(H2,20,24,25). The highest BCUT2D eigenvalue weighted by atomic mass is 32.2. The summed E-state index contributed by atoms with van der Waals surface area (Å²) in [7, 11) is -3.60. The van der Waals surface area contributed by atoms with Gasteiger partial charge in [0.1, 0.15) is 0 Å². The molecule has 2 aromatic rings. The van der Waals surface area contributed by atoms with Gasteiger partial charge in [0.05, 0.1) is 17.4 Å². The summed E-state index contributed by atoms with van der Waals surface area (Å²) < 4.78 is 30.2. The molecule has 0 amide bonds. The molecule has 7 nitrogen and oxygen atoms in total. The Morgan fingerprint density at radius 2 is 1.93 bits per heavy atom. The number of pyridine rings is 1. The molecule has 1 aromatic carbocycles. The predicted molar refractivity (Wildman–Crippen MR) is 106 cm³/mol. The van der Waals surface area contributed by atoms with E-state index in [4.69, 9.17) is 9.88 Å². The zero-order valence-electron chi connectivity index (χ0n) is 15.6. The molecule has 2 aliphatic rings. The Bertz CT molecular complexity index is 1030. The van der Waals surface area contributed by atoms with Crippen LogP contribution in [0, 0.1) is 19.8 Å². The van der Waals surface area contributed by atoms with E-state index in [0.29, 0.717) is 24.9 Å². The zero-order chi connectivity index (χ0) is 19.3. The summed E-state index contributed by atoms with van der Waals surface area (Å²) in [6, 6.07) is 4.24. The molecule has 0 saturated carbocycles. The average molecular weight is 388 g/mol. The molecule has 0 bridgehead atoms. The molecule has 0 spiro atoms. The van der Waals surface area contributed by atoms with Crippen molar-refractivity contribution in [1.82, 2.24) is 9.29 Å². The van der Waals surface area contributed by atoms with E-state index in [1.807, 2.05) is 0 Å². The average Bonchev–Trinajstić information content (AvgIpc) is 2.92. The van der Waals surface area contributed by atoms with Crippen LogP contribution in [0.1, 0.15) is 24.0 Å². The van der Waals surface area contributed by atoms with Gasteiger partial charge in [-0.2, -0.15) is 12.7 Å². The molecular formula is C19H24N4O3S. The van der Waals surface area contributed by atoms with Crippen LogP contribution in [0.25, 0.3) is 10.9 Å². The quantitative estimate of drug-likeness (QED) is 0.872. The molecule has 1 saturated heterocycles. The number of ether oxygens (including phenoxy) is 1. The Labute approximate surface area is 159 Å². The van der Waals surface area contributed by atoms with Gasteiger partial charge in [-0.15, -0.1) is 0 Å². The maximum Gasteiger partial charge on any atom is 0.276 e. The second kappa shape index (κ2) is 6.47. The van der Waals surface area contributed by atoms with E-state index in [9.17, 15) is 8.42 Å². The molecule has 8 heteroatoms. The summed E-state index contributed by atoms with van der Waals surface area (Å²) in [6.45, 7) is 9.87. The van der Waals surface area contributed by atoms with Crippen LogP contribution in [0.4, 0.5) is 5.69 Å². The first kappa shape index (κ1) is 18.2. The molecule has 144 valence electrons. The Balaban J connectivity index is 1.62. The SMILES string of the molecule is C=C1Oc2cnc3cc(C)c(C)cc3c2N1CC1CCN(S(N)(=O)=O)CC1. The molecule has 2 N–H and O–H groups in total. The highest BCUT2D eigenvalue weighted by Crippen LogP contribution is 2.44. The van der Waals surface area contributed by atoms with Crippen LogP contribution in [-0.4, -0.2) is 37.3 Å². The summed E-state index contributed by atoms with van der Waals surface area (Å²) in [6.07, 6.45) is 3.27. The number of hydrogen-bond donors (Lipinski definition) is 1. The van der Waals surface area contributed by atoms with E-state index < -0.39 is 10.2 Å². The second-order valence-corrected chi connectivity index (χ2v) is 8.96. The summed E-state index contributed by atoms with van der Waals surface area (Å²) in [4.78, 5) is 6.63. The minimum atomic E-state index is -3.60. The van der Waals surface area contributed by atoms with Crippen LogP contribution < -0.4 is 14.8 Å². The minimum Gasteiger partial charge on any atom is -0.438 e. The third-order valence-electron chi connectivity index (χ3n) is 5.59. The predicted octanol–water partition coefficient (Wildman–Crippen LogP) is 2.44. The van der Waals surface area contributed by atoms with Crippen LogP contribution in [0.2, 0.25) is 0 Å². The lowest BCUT2D eigenvalue weighted by atomic mass is 9.97. The van der Waals surface area contributed by atoms with Gasteiger partial charge in [0.15, 0.2) is 11.6 Å².